The van der Waals surface area contributed by atoms with E-state index in [9.17, 15) is 15.0 Å². The zero-order valence-electron chi connectivity index (χ0n) is 15.1. The van der Waals surface area contributed by atoms with Crippen molar-refractivity contribution in [1.29, 1.82) is 0 Å². The van der Waals surface area contributed by atoms with E-state index in [0.29, 0.717) is 27.5 Å². The Labute approximate surface area is 172 Å². The molecule has 0 unspecified atom stereocenters. The summed E-state index contributed by atoms with van der Waals surface area (Å²) in [4.78, 5) is 12.0. The minimum Gasteiger partial charge on any atom is -0.507 e. The Hall–Kier alpha value is -3.55. The first kappa shape index (κ1) is 20.2. The number of hydrazone groups is 1. The molecule has 0 spiro atoms. The molecule has 0 aliphatic heterocycles. The summed E-state index contributed by atoms with van der Waals surface area (Å²) in [6.07, 6.45) is -0.0999. The lowest BCUT2D eigenvalue weighted by atomic mass is 10.1. The second kappa shape index (κ2) is 9.59. The fourth-order valence-electron chi connectivity index (χ4n) is 2.37. The van der Waals surface area contributed by atoms with Crippen LogP contribution in [-0.2, 0) is 4.79 Å². The molecule has 0 aromatic heterocycles. The van der Waals surface area contributed by atoms with E-state index in [1.54, 1.807) is 66.7 Å². The highest BCUT2D eigenvalue weighted by Crippen LogP contribution is 2.27. The third kappa shape index (κ3) is 5.47. The van der Waals surface area contributed by atoms with E-state index in [2.05, 4.69) is 20.8 Å². The number of rotatable bonds is 6. The summed E-state index contributed by atoms with van der Waals surface area (Å²) in [7, 11) is 0. The van der Waals surface area contributed by atoms with Crippen molar-refractivity contribution >= 4 is 35.1 Å². The number of benzene rings is 3. The van der Waals surface area contributed by atoms with Gasteiger partial charge in [-0.1, -0.05) is 54.1 Å². The van der Waals surface area contributed by atoms with Gasteiger partial charge in [0, 0.05) is 5.56 Å². The van der Waals surface area contributed by atoms with Crippen LogP contribution in [0.5, 0.6) is 5.75 Å². The van der Waals surface area contributed by atoms with Crippen molar-refractivity contribution in [3.05, 3.63) is 88.9 Å². The van der Waals surface area contributed by atoms with Crippen LogP contribution in [0.2, 0.25) is 5.02 Å². The largest absolute Gasteiger partial charge is 0.507 e. The number of azo groups is 1. The molecule has 0 saturated carbocycles. The molecule has 0 radical (unpaired) electrons. The molecule has 1 atom stereocenters. The number of carbonyl (C=O) groups excluding carboxylic acids is 1. The SMILES string of the molecule is O=C(N/N=C\c1cc(N=Nc2ccccc2Cl)ccc1O)[C@@H](O)c1ccccc1. The summed E-state index contributed by atoms with van der Waals surface area (Å²) in [6.45, 7) is 0. The molecule has 29 heavy (non-hydrogen) atoms. The van der Waals surface area contributed by atoms with Gasteiger partial charge in [-0.15, -0.1) is 5.11 Å². The highest BCUT2D eigenvalue weighted by molar-refractivity contribution is 6.32. The Morgan fingerprint density at radius 1 is 1.00 bits per heavy atom. The highest BCUT2D eigenvalue weighted by atomic mass is 35.5. The molecule has 3 aromatic carbocycles. The Morgan fingerprint density at radius 2 is 1.72 bits per heavy atom. The Balaban J connectivity index is 1.68. The van der Waals surface area contributed by atoms with Crippen LogP contribution in [0.4, 0.5) is 11.4 Å². The van der Waals surface area contributed by atoms with Crippen LogP contribution in [0.15, 0.2) is 88.1 Å². The molecule has 0 aliphatic carbocycles. The normalized spacial score (nSPS) is 12.3. The maximum absolute atomic E-state index is 12.0. The number of aliphatic hydroxyl groups is 1. The molecule has 146 valence electrons. The van der Waals surface area contributed by atoms with Gasteiger partial charge in [0.2, 0.25) is 0 Å². The number of nitrogens with zero attached hydrogens (tertiary/aromatic N) is 3. The topological polar surface area (TPSA) is 107 Å². The summed E-state index contributed by atoms with van der Waals surface area (Å²) in [5.74, 6) is -0.746. The summed E-state index contributed by atoms with van der Waals surface area (Å²) in [6, 6.07) is 20.0. The zero-order valence-corrected chi connectivity index (χ0v) is 15.9. The monoisotopic (exact) mass is 408 g/mol. The first-order valence-corrected chi connectivity index (χ1v) is 8.97. The standard InChI is InChI=1S/C21H17ClN4O3/c22-17-8-4-5-9-18(17)25-24-16-10-11-19(27)15(12-16)13-23-26-21(29)20(28)14-6-2-1-3-7-14/h1-13,20,27-28H,(H,26,29)/b23-13-,25-24?/t20-/m0/s1. The number of nitrogens with one attached hydrogen (secondary N) is 1. The quantitative estimate of drug-likeness (QED) is 0.314. The van der Waals surface area contributed by atoms with Gasteiger partial charge in [0.25, 0.3) is 5.91 Å². The molecule has 0 fully saturated rings. The van der Waals surface area contributed by atoms with Gasteiger partial charge in [-0.25, -0.2) is 5.43 Å². The van der Waals surface area contributed by atoms with E-state index in [-0.39, 0.29) is 5.75 Å². The van der Waals surface area contributed by atoms with Gasteiger partial charge >= 0.3 is 0 Å². The van der Waals surface area contributed by atoms with Crippen molar-refractivity contribution in [3.63, 3.8) is 0 Å². The van der Waals surface area contributed by atoms with E-state index < -0.39 is 12.0 Å². The van der Waals surface area contributed by atoms with Crippen molar-refractivity contribution in [2.45, 2.75) is 6.10 Å². The predicted molar refractivity (Wildman–Crippen MR) is 111 cm³/mol. The minimum atomic E-state index is -1.35. The van der Waals surface area contributed by atoms with Crippen LogP contribution in [0.1, 0.15) is 17.2 Å². The summed E-state index contributed by atoms with van der Waals surface area (Å²) < 4.78 is 0. The van der Waals surface area contributed by atoms with E-state index in [1.165, 1.54) is 12.3 Å². The van der Waals surface area contributed by atoms with Crippen molar-refractivity contribution in [2.75, 3.05) is 0 Å². The van der Waals surface area contributed by atoms with Crippen molar-refractivity contribution in [1.82, 2.24) is 5.43 Å². The van der Waals surface area contributed by atoms with E-state index in [4.69, 9.17) is 11.6 Å². The zero-order chi connectivity index (χ0) is 20.6. The summed E-state index contributed by atoms with van der Waals surface area (Å²) in [5, 5.41) is 32.4. The van der Waals surface area contributed by atoms with Crippen molar-refractivity contribution in [2.24, 2.45) is 15.3 Å². The van der Waals surface area contributed by atoms with Gasteiger partial charge in [0.1, 0.15) is 11.4 Å². The maximum Gasteiger partial charge on any atom is 0.273 e. The fourth-order valence-corrected chi connectivity index (χ4v) is 2.54. The minimum absolute atomic E-state index is 0.0525. The van der Waals surface area contributed by atoms with Gasteiger partial charge in [-0.3, -0.25) is 4.79 Å². The summed E-state index contributed by atoms with van der Waals surface area (Å²) >= 11 is 6.04. The number of hydrogen-bond donors (Lipinski definition) is 3. The number of phenolic OH excluding ortho intramolecular Hbond substituents is 1. The lowest BCUT2D eigenvalue weighted by molar-refractivity contribution is -0.129. The number of phenols is 1. The van der Waals surface area contributed by atoms with E-state index in [0.717, 1.165) is 0 Å². The molecule has 8 heteroatoms. The van der Waals surface area contributed by atoms with Crippen LogP contribution in [-0.4, -0.2) is 22.3 Å². The van der Waals surface area contributed by atoms with Gasteiger partial charge in [-0.2, -0.15) is 10.2 Å². The fraction of sp³-hybridized carbons (Fsp3) is 0.0476. The molecule has 7 nitrogen and oxygen atoms in total. The number of amides is 1. The molecule has 3 N–H and O–H groups in total. The third-order valence-corrected chi connectivity index (χ3v) is 4.20. The van der Waals surface area contributed by atoms with Crippen LogP contribution in [0.3, 0.4) is 0 Å². The lowest BCUT2D eigenvalue weighted by Crippen LogP contribution is -2.25. The van der Waals surface area contributed by atoms with Crippen molar-refractivity contribution < 1.29 is 15.0 Å². The Morgan fingerprint density at radius 3 is 2.48 bits per heavy atom. The molecule has 0 heterocycles. The second-order valence-electron chi connectivity index (χ2n) is 5.94. The number of aromatic hydroxyl groups is 1. The van der Waals surface area contributed by atoms with Crippen LogP contribution >= 0.6 is 11.6 Å². The van der Waals surface area contributed by atoms with Crippen LogP contribution < -0.4 is 5.43 Å². The van der Waals surface area contributed by atoms with Crippen molar-refractivity contribution in [3.8, 4) is 5.75 Å². The number of carbonyl (C=O) groups is 1. The van der Waals surface area contributed by atoms with Crippen LogP contribution in [0, 0.1) is 0 Å². The van der Waals surface area contributed by atoms with E-state index >= 15 is 0 Å². The van der Waals surface area contributed by atoms with Crippen LogP contribution in [0.25, 0.3) is 0 Å². The predicted octanol–water partition coefficient (Wildman–Crippen LogP) is 4.64. The average molecular weight is 409 g/mol. The molecule has 0 saturated heterocycles. The molecule has 0 bridgehead atoms. The molecule has 0 aliphatic rings. The van der Waals surface area contributed by atoms with Gasteiger partial charge in [-0.05, 0) is 35.9 Å². The maximum atomic E-state index is 12.0. The smallest absolute Gasteiger partial charge is 0.273 e. The van der Waals surface area contributed by atoms with E-state index in [1.807, 2.05) is 0 Å². The molecular formula is C21H17ClN4O3. The molecular weight excluding hydrogens is 392 g/mol. The first-order valence-electron chi connectivity index (χ1n) is 8.60. The van der Waals surface area contributed by atoms with Gasteiger partial charge in [0.15, 0.2) is 6.10 Å². The first-order chi connectivity index (χ1) is 14.0. The molecule has 3 rings (SSSR count). The third-order valence-electron chi connectivity index (χ3n) is 3.88. The number of aliphatic hydroxyl groups excluding tert-OH is 1. The van der Waals surface area contributed by atoms with Gasteiger partial charge < -0.3 is 10.2 Å². The Kier molecular flexibility index (Phi) is 6.67. The highest BCUT2D eigenvalue weighted by Gasteiger charge is 2.16. The number of halogens is 1. The molecule has 1 amide bonds. The second-order valence-corrected chi connectivity index (χ2v) is 6.35. The Bertz CT molecular complexity index is 1050. The molecule has 3 aromatic rings. The average Bonchev–Trinajstić information content (AvgIpc) is 2.75. The number of hydrogen-bond acceptors (Lipinski definition) is 6. The summed E-state index contributed by atoms with van der Waals surface area (Å²) in [5.41, 5.74) is 3.98. The van der Waals surface area contributed by atoms with Gasteiger partial charge in [0.05, 0.1) is 16.9 Å². The lowest BCUT2D eigenvalue weighted by Gasteiger charge is -2.08.